The summed E-state index contributed by atoms with van der Waals surface area (Å²) in [5, 5.41) is 8.14. The quantitative estimate of drug-likeness (QED) is 0.611. The highest BCUT2D eigenvalue weighted by atomic mass is 32.1. The van der Waals surface area contributed by atoms with E-state index in [9.17, 15) is 4.79 Å². The Morgan fingerprint density at radius 3 is 2.61 bits per heavy atom. The molecule has 3 aromatic rings. The van der Waals surface area contributed by atoms with Crippen LogP contribution in [-0.2, 0) is 13.0 Å². The lowest BCUT2D eigenvalue weighted by atomic mass is 9.98. The standard InChI is InChI=1S/C23H25N3OS/c1-17-8-10-20(11-9-17)25-23(27)24-15-21(22-7-4-14-28-22)26-13-12-18-5-2-3-6-19(18)16-26/h2-11,14,21H,12-13,15-16H2,1H3,(H2,24,25,27)/p+1/t21-/m1/s1. The van der Waals surface area contributed by atoms with Gasteiger partial charge < -0.3 is 15.5 Å². The van der Waals surface area contributed by atoms with E-state index in [-0.39, 0.29) is 12.1 Å². The van der Waals surface area contributed by atoms with Gasteiger partial charge in [-0.1, -0.05) is 48.0 Å². The number of carbonyl (C=O) groups is 1. The number of aryl methyl sites for hydroxylation is 1. The zero-order valence-electron chi connectivity index (χ0n) is 16.1. The molecule has 4 rings (SSSR count). The number of rotatable bonds is 5. The molecule has 0 bridgehead atoms. The second kappa shape index (κ2) is 8.59. The van der Waals surface area contributed by atoms with Crippen molar-refractivity contribution in [2.45, 2.75) is 25.9 Å². The molecule has 144 valence electrons. The van der Waals surface area contributed by atoms with Crippen LogP contribution in [0.3, 0.4) is 0 Å². The first-order chi connectivity index (χ1) is 13.7. The van der Waals surface area contributed by atoms with Gasteiger partial charge in [-0.25, -0.2) is 4.79 Å². The summed E-state index contributed by atoms with van der Waals surface area (Å²) in [5.74, 6) is 0. The second-order valence-corrected chi connectivity index (χ2v) is 8.35. The average Bonchev–Trinajstić information content (AvgIpc) is 3.24. The average molecular weight is 393 g/mol. The summed E-state index contributed by atoms with van der Waals surface area (Å²) in [6.45, 7) is 4.74. The monoisotopic (exact) mass is 392 g/mol. The molecule has 0 saturated carbocycles. The largest absolute Gasteiger partial charge is 0.331 e. The van der Waals surface area contributed by atoms with Gasteiger partial charge >= 0.3 is 6.03 Å². The van der Waals surface area contributed by atoms with Crippen molar-refractivity contribution in [3.8, 4) is 0 Å². The number of quaternary nitrogens is 1. The van der Waals surface area contributed by atoms with Gasteiger partial charge in [-0.05, 0) is 36.1 Å². The second-order valence-electron chi connectivity index (χ2n) is 7.37. The van der Waals surface area contributed by atoms with Gasteiger partial charge in [0.1, 0.15) is 12.6 Å². The fourth-order valence-electron chi connectivity index (χ4n) is 3.84. The Labute approximate surface area is 170 Å². The Hall–Kier alpha value is -2.63. The van der Waals surface area contributed by atoms with Gasteiger partial charge in [-0.15, -0.1) is 11.3 Å². The number of anilines is 1. The smallest absolute Gasteiger partial charge is 0.319 e. The summed E-state index contributed by atoms with van der Waals surface area (Å²) in [4.78, 5) is 15.3. The van der Waals surface area contributed by atoms with Gasteiger partial charge in [0, 0.05) is 17.7 Å². The predicted octanol–water partition coefficient (Wildman–Crippen LogP) is 3.56. The number of hydrogen-bond donors (Lipinski definition) is 3. The molecule has 2 amide bonds. The molecule has 0 radical (unpaired) electrons. The topological polar surface area (TPSA) is 45.6 Å². The third-order valence-electron chi connectivity index (χ3n) is 5.41. The number of nitrogens with one attached hydrogen (secondary N) is 3. The summed E-state index contributed by atoms with van der Waals surface area (Å²) in [5.41, 5.74) is 4.88. The summed E-state index contributed by atoms with van der Waals surface area (Å²) >= 11 is 1.77. The molecular formula is C23H26N3OS+. The minimum absolute atomic E-state index is 0.151. The molecule has 5 heteroatoms. The maximum absolute atomic E-state index is 12.4. The van der Waals surface area contributed by atoms with E-state index in [1.807, 2.05) is 31.2 Å². The zero-order valence-corrected chi connectivity index (χ0v) is 16.9. The van der Waals surface area contributed by atoms with Crippen LogP contribution in [0.1, 0.15) is 27.6 Å². The van der Waals surface area contributed by atoms with Crippen molar-refractivity contribution in [3.63, 3.8) is 0 Å². The molecule has 3 N–H and O–H groups in total. The third-order valence-corrected chi connectivity index (χ3v) is 6.39. The maximum atomic E-state index is 12.4. The Morgan fingerprint density at radius 2 is 1.86 bits per heavy atom. The molecule has 0 saturated heterocycles. The van der Waals surface area contributed by atoms with Crippen LogP contribution in [0.2, 0.25) is 0 Å². The van der Waals surface area contributed by atoms with Crippen LogP contribution in [0.25, 0.3) is 0 Å². The molecule has 1 aliphatic heterocycles. The van der Waals surface area contributed by atoms with Crippen LogP contribution in [0.15, 0.2) is 66.0 Å². The number of thiophene rings is 1. The third kappa shape index (κ3) is 4.43. The van der Waals surface area contributed by atoms with Crippen molar-refractivity contribution in [1.29, 1.82) is 0 Å². The van der Waals surface area contributed by atoms with Gasteiger partial charge in [0.25, 0.3) is 0 Å². The van der Waals surface area contributed by atoms with Crippen molar-refractivity contribution in [2.24, 2.45) is 0 Å². The molecule has 2 heterocycles. The molecule has 1 aromatic heterocycles. The van der Waals surface area contributed by atoms with Crippen LogP contribution in [-0.4, -0.2) is 19.1 Å². The van der Waals surface area contributed by atoms with Crippen LogP contribution in [0, 0.1) is 6.92 Å². The Balaban J connectivity index is 1.43. The lowest BCUT2D eigenvalue weighted by molar-refractivity contribution is -0.945. The highest BCUT2D eigenvalue weighted by molar-refractivity contribution is 7.10. The number of benzene rings is 2. The summed E-state index contributed by atoms with van der Waals surface area (Å²) in [6, 6.07) is 21.0. The summed E-state index contributed by atoms with van der Waals surface area (Å²) in [6.07, 6.45) is 1.09. The normalized spacial score (nSPS) is 16.8. The van der Waals surface area contributed by atoms with E-state index in [0.717, 1.165) is 25.2 Å². The first kappa shape index (κ1) is 18.7. The number of carbonyl (C=O) groups excluding carboxylic acids is 1. The maximum Gasteiger partial charge on any atom is 0.319 e. The molecule has 0 aliphatic carbocycles. The van der Waals surface area contributed by atoms with Gasteiger partial charge in [0.2, 0.25) is 0 Å². The molecular weight excluding hydrogens is 366 g/mol. The highest BCUT2D eigenvalue weighted by Crippen LogP contribution is 2.19. The molecule has 2 atom stereocenters. The molecule has 28 heavy (non-hydrogen) atoms. The van der Waals surface area contributed by atoms with E-state index in [1.165, 1.54) is 26.5 Å². The summed E-state index contributed by atoms with van der Waals surface area (Å²) < 4.78 is 0. The van der Waals surface area contributed by atoms with Crippen LogP contribution >= 0.6 is 11.3 Å². The highest BCUT2D eigenvalue weighted by Gasteiger charge is 2.29. The van der Waals surface area contributed by atoms with Crippen molar-refractivity contribution >= 4 is 23.1 Å². The van der Waals surface area contributed by atoms with Crippen molar-refractivity contribution in [1.82, 2.24) is 5.32 Å². The molecule has 1 unspecified atom stereocenters. The van der Waals surface area contributed by atoms with Gasteiger partial charge in [0.05, 0.1) is 18.0 Å². The molecule has 0 spiro atoms. The van der Waals surface area contributed by atoms with E-state index in [1.54, 1.807) is 11.3 Å². The zero-order chi connectivity index (χ0) is 19.3. The first-order valence-electron chi connectivity index (χ1n) is 9.75. The Morgan fingerprint density at radius 1 is 1.07 bits per heavy atom. The van der Waals surface area contributed by atoms with Gasteiger partial charge in [-0.3, -0.25) is 0 Å². The Bertz CT molecular complexity index is 921. The van der Waals surface area contributed by atoms with E-state index in [4.69, 9.17) is 0 Å². The number of amides is 2. The van der Waals surface area contributed by atoms with Crippen molar-refractivity contribution in [2.75, 3.05) is 18.4 Å². The molecule has 0 fully saturated rings. The number of hydrogen-bond acceptors (Lipinski definition) is 2. The van der Waals surface area contributed by atoms with Crippen LogP contribution in [0.4, 0.5) is 10.5 Å². The van der Waals surface area contributed by atoms with Crippen molar-refractivity contribution < 1.29 is 9.69 Å². The number of fused-ring (bicyclic) bond motifs is 1. The van der Waals surface area contributed by atoms with E-state index in [0.29, 0.717) is 6.54 Å². The van der Waals surface area contributed by atoms with Crippen molar-refractivity contribution in [3.05, 3.63) is 87.6 Å². The van der Waals surface area contributed by atoms with E-state index >= 15 is 0 Å². The SMILES string of the molecule is Cc1ccc(NC(=O)NC[C@H](c2cccs2)[NH+]2CCc3ccccc3C2)cc1. The fourth-order valence-corrected chi connectivity index (χ4v) is 4.73. The van der Waals surface area contributed by atoms with Gasteiger partial charge in [-0.2, -0.15) is 0 Å². The minimum Gasteiger partial charge on any atom is -0.331 e. The molecule has 1 aliphatic rings. The van der Waals surface area contributed by atoms with E-state index in [2.05, 4.69) is 52.4 Å². The predicted molar refractivity (Wildman–Crippen MR) is 115 cm³/mol. The summed E-state index contributed by atoms with van der Waals surface area (Å²) in [7, 11) is 0. The van der Waals surface area contributed by atoms with Crippen LogP contribution in [0.5, 0.6) is 0 Å². The van der Waals surface area contributed by atoms with Crippen LogP contribution < -0.4 is 15.5 Å². The lowest BCUT2D eigenvalue weighted by Gasteiger charge is -2.32. The van der Waals surface area contributed by atoms with E-state index < -0.39 is 0 Å². The van der Waals surface area contributed by atoms with Gasteiger partial charge in [0.15, 0.2) is 0 Å². The molecule has 2 aromatic carbocycles. The lowest BCUT2D eigenvalue weighted by Crippen LogP contribution is -3.12. The fraction of sp³-hybridized carbons (Fsp3) is 0.261. The minimum atomic E-state index is -0.151. The molecule has 4 nitrogen and oxygen atoms in total. The first-order valence-corrected chi connectivity index (χ1v) is 10.6. The Kier molecular flexibility index (Phi) is 5.74. The number of urea groups is 1.